The maximum Gasteiger partial charge on any atom is 0.305 e. The number of ether oxygens (including phenoxy) is 1. The van der Waals surface area contributed by atoms with E-state index in [0.717, 1.165) is 5.56 Å². The van der Waals surface area contributed by atoms with Gasteiger partial charge in [-0.1, -0.05) is 26.0 Å². The molecule has 6 nitrogen and oxygen atoms in total. The highest BCUT2D eigenvalue weighted by atomic mass is 16.5. The highest BCUT2D eigenvalue weighted by Gasteiger charge is 2.18. The van der Waals surface area contributed by atoms with Gasteiger partial charge in [0.05, 0.1) is 6.42 Å². The molecule has 0 atom stereocenters. The zero-order valence-corrected chi connectivity index (χ0v) is 15.1. The first-order valence-corrected chi connectivity index (χ1v) is 8.58. The molecule has 1 aromatic heterocycles. The molecule has 1 heterocycles. The summed E-state index contributed by atoms with van der Waals surface area (Å²) < 4.78 is 5.74. The van der Waals surface area contributed by atoms with Crippen LogP contribution >= 0.6 is 0 Å². The van der Waals surface area contributed by atoms with Gasteiger partial charge in [-0.2, -0.15) is 0 Å². The molecular formula is C20H24N2O4. The minimum absolute atomic E-state index is 0.0738. The third-order valence-corrected chi connectivity index (χ3v) is 3.68. The second kappa shape index (κ2) is 9.56. The summed E-state index contributed by atoms with van der Waals surface area (Å²) in [6, 6.07) is 10.7. The largest absolute Gasteiger partial charge is 0.489 e. The first-order chi connectivity index (χ1) is 12.5. The molecule has 0 radical (unpaired) electrons. The van der Waals surface area contributed by atoms with Crippen molar-refractivity contribution in [2.24, 2.45) is 5.92 Å². The van der Waals surface area contributed by atoms with Crippen molar-refractivity contribution >= 4 is 11.9 Å². The molecule has 0 fully saturated rings. The lowest BCUT2D eigenvalue weighted by atomic mass is 10.1. The van der Waals surface area contributed by atoms with Crippen molar-refractivity contribution in [3.63, 3.8) is 0 Å². The molecular weight excluding hydrogens is 332 g/mol. The Hall–Kier alpha value is -2.89. The Morgan fingerprint density at radius 2 is 2.04 bits per heavy atom. The molecule has 2 rings (SSSR count). The van der Waals surface area contributed by atoms with E-state index in [9.17, 15) is 9.59 Å². The minimum atomic E-state index is -0.917. The molecule has 0 bridgehead atoms. The molecule has 26 heavy (non-hydrogen) atoms. The maximum atomic E-state index is 12.8. The minimum Gasteiger partial charge on any atom is -0.489 e. The number of benzene rings is 1. The summed E-state index contributed by atoms with van der Waals surface area (Å²) in [6.45, 7) is 5.04. The van der Waals surface area contributed by atoms with Crippen molar-refractivity contribution in [1.29, 1.82) is 0 Å². The van der Waals surface area contributed by atoms with Gasteiger partial charge in [0, 0.05) is 36.6 Å². The molecule has 0 unspecified atom stereocenters. The Kier molecular flexibility index (Phi) is 7.14. The molecule has 1 amide bonds. The predicted molar refractivity (Wildman–Crippen MR) is 98.0 cm³/mol. The lowest BCUT2D eigenvalue weighted by molar-refractivity contribution is -0.137. The molecule has 0 saturated carbocycles. The summed E-state index contributed by atoms with van der Waals surface area (Å²) >= 11 is 0. The van der Waals surface area contributed by atoms with Gasteiger partial charge >= 0.3 is 5.97 Å². The number of carbonyl (C=O) groups excluding carboxylic acids is 1. The molecule has 0 aliphatic rings. The number of carbonyl (C=O) groups is 2. The van der Waals surface area contributed by atoms with Crippen molar-refractivity contribution in [1.82, 2.24) is 9.88 Å². The van der Waals surface area contributed by atoms with Crippen LogP contribution in [0.4, 0.5) is 0 Å². The van der Waals surface area contributed by atoms with Gasteiger partial charge in [0.1, 0.15) is 12.4 Å². The van der Waals surface area contributed by atoms with E-state index in [0.29, 0.717) is 24.5 Å². The molecule has 0 saturated heterocycles. The first kappa shape index (κ1) is 19.4. The van der Waals surface area contributed by atoms with Crippen LogP contribution in [0, 0.1) is 5.92 Å². The molecule has 0 aliphatic carbocycles. The first-order valence-electron chi connectivity index (χ1n) is 8.58. The summed E-state index contributed by atoms with van der Waals surface area (Å²) in [5.41, 5.74) is 1.42. The van der Waals surface area contributed by atoms with Gasteiger partial charge < -0.3 is 14.7 Å². The second-order valence-electron chi connectivity index (χ2n) is 6.47. The fourth-order valence-corrected chi connectivity index (χ4v) is 2.50. The number of carboxylic acids is 1. The maximum absolute atomic E-state index is 12.8. The number of nitrogens with zero attached hydrogens (tertiary/aromatic N) is 2. The topological polar surface area (TPSA) is 79.7 Å². The van der Waals surface area contributed by atoms with E-state index >= 15 is 0 Å². The van der Waals surface area contributed by atoms with Crippen LogP contribution in [-0.2, 0) is 11.4 Å². The predicted octanol–water partition coefficient (Wildman–Crippen LogP) is 3.23. The van der Waals surface area contributed by atoms with Crippen molar-refractivity contribution in [2.45, 2.75) is 26.9 Å². The Morgan fingerprint density at radius 1 is 1.23 bits per heavy atom. The normalized spacial score (nSPS) is 10.6. The Morgan fingerprint density at radius 3 is 2.69 bits per heavy atom. The number of hydrogen-bond acceptors (Lipinski definition) is 4. The lowest BCUT2D eigenvalue weighted by Gasteiger charge is -2.24. The number of rotatable bonds is 9. The van der Waals surface area contributed by atoms with E-state index in [-0.39, 0.29) is 24.8 Å². The fraction of sp³-hybridized carbons (Fsp3) is 0.350. The Labute approximate surface area is 153 Å². The average Bonchev–Trinajstić information content (AvgIpc) is 2.63. The van der Waals surface area contributed by atoms with E-state index in [1.807, 2.05) is 26.0 Å². The summed E-state index contributed by atoms with van der Waals surface area (Å²) in [5, 5.41) is 8.91. The highest BCUT2D eigenvalue weighted by molar-refractivity contribution is 5.94. The van der Waals surface area contributed by atoms with Crippen LogP contribution in [0.3, 0.4) is 0 Å². The highest BCUT2D eigenvalue weighted by Crippen LogP contribution is 2.17. The number of carboxylic acid groups (broad SMARTS) is 1. The number of pyridine rings is 1. The standard InChI is InChI=1S/C20H24N2O4/c1-15(2)13-22(10-8-19(23)24)20(25)17-6-3-7-18(11-17)26-14-16-5-4-9-21-12-16/h3-7,9,11-12,15H,8,10,13-14H2,1-2H3,(H,23,24). The number of hydrogen-bond donors (Lipinski definition) is 1. The fourth-order valence-electron chi connectivity index (χ4n) is 2.50. The van der Waals surface area contributed by atoms with Gasteiger partial charge in [0.2, 0.25) is 0 Å². The van der Waals surface area contributed by atoms with E-state index in [1.54, 1.807) is 41.6 Å². The molecule has 138 valence electrons. The zero-order chi connectivity index (χ0) is 18.9. The van der Waals surface area contributed by atoms with Crippen LogP contribution in [0.5, 0.6) is 5.75 Å². The van der Waals surface area contributed by atoms with Crippen molar-refractivity contribution in [2.75, 3.05) is 13.1 Å². The van der Waals surface area contributed by atoms with Gasteiger partial charge in [-0.15, -0.1) is 0 Å². The lowest BCUT2D eigenvalue weighted by Crippen LogP contribution is -2.36. The van der Waals surface area contributed by atoms with Crippen molar-refractivity contribution in [3.05, 3.63) is 59.9 Å². The molecule has 6 heteroatoms. The Bertz CT molecular complexity index is 732. The summed E-state index contributed by atoms with van der Waals surface area (Å²) in [5.74, 6) is -0.271. The number of aliphatic carboxylic acids is 1. The van der Waals surface area contributed by atoms with Crippen molar-refractivity contribution < 1.29 is 19.4 Å². The molecule has 1 aromatic carbocycles. The van der Waals surface area contributed by atoms with E-state index in [2.05, 4.69) is 4.98 Å². The van der Waals surface area contributed by atoms with Crippen LogP contribution in [0.2, 0.25) is 0 Å². The third kappa shape index (κ3) is 6.20. The average molecular weight is 356 g/mol. The van der Waals surface area contributed by atoms with Gasteiger partial charge in [0.15, 0.2) is 0 Å². The van der Waals surface area contributed by atoms with Gasteiger partial charge in [0.25, 0.3) is 5.91 Å². The van der Waals surface area contributed by atoms with Crippen LogP contribution in [-0.4, -0.2) is 40.0 Å². The van der Waals surface area contributed by atoms with Crippen LogP contribution in [0.1, 0.15) is 36.2 Å². The second-order valence-corrected chi connectivity index (χ2v) is 6.47. The summed E-state index contributed by atoms with van der Waals surface area (Å²) in [7, 11) is 0. The molecule has 0 aliphatic heterocycles. The van der Waals surface area contributed by atoms with Crippen molar-refractivity contribution in [3.8, 4) is 5.75 Å². The van der Waals surface area contributed by atoms with Crippen LogP contribution in [0.15, 0.2) is 48.8 Å². The zero-order valence-electron chi connectivity index (χ0n) is 15.1. The summed E-state index contributed by atoms with van der Waals surface area (Å²) in [4.78, 5) is 29.3. The quantitative estimate of drug-likeness (QED) is 0.746. The summed E-state index contributed by atoms with van der Waals surface area (Å²) in [6.07, 6.45) is 3.35. The van der Waals surface area contributed by atoms with Gasteiger partial charge in [-0.25, -0.2) is 0 Å². The smallest absolute Gasteiger partial charge is 0.305 e. The monoisotopic (exact) mass is 356 g/mol. The molecule has 1 N–H and O–H groups in total. The van der Waals surface area contributed by atoms with Crippen LogP contribution < -0.4 is 4.74 Å². The molecule has 2 aromatic rings. The van der Waals surface area contributed by atoms with E-state index in [1.165, 1.54) is 0 Å². The van der Waals surface area contributed by atoms with E-state index in [4.69, 9.17) is 9.84 Å². The number of amides is 1. The van der Waals surface area contributed by atoms with Gasteiger partial charge in [-0.3, -0.25) is 14.6 Å². The van der Waals surface area contributed by atoms with E-state index < -0.39 is 5.97 Å². The Balaban J connectivity index is 2.07. The molecule has 0 spiro atoms. The third-order valence-electron chi connectivity index (χ3n) is 3.68. The van der Waals surface area contributed by atoms with Crippen LogP contribution in [0.25, 0.3) is 0 Å². The SMILES string of the molecule is CC(C)CN(CCC(=O)O)C(=O)c1cccc(OCc2cccnc2)c1. The number of aromatic nitrogens is 1. The van der Waals surface area contributed by atoms with Gasteiger partial charge in [-0.05, 0) is 30.2 Å².